The molecule has 2 rings (SSSR count). The molecule has 1 aromatic rings. The smallest absolute Gasteiger partial charge is 0.223 e. The Morgan fingerprint density at radius 1 is 1.32 bits per heavy atom. The van der Waals surface area contributed by atoms with Crippen LogP contribution in [0.3, 0.4) is 0 Å². The zero-order chi connectivity index (χ0) is 13.7. The van der Waals surface area contributed by atoms with Gasteiger partial charge in [-0.2, -0.15) is 11.3 Å². The van der Waals surface area contributed by atoms with E-state index in [1.807, 2.05) is 4.90 Å². The van der Waals surface area contributed by atoms with Gasteiger partial charge in [0.1, 0.15) is 0 Å². The molecule has 1 aliphatic heterocycles. The summed E-state index contributed by atoms with van der Waals surface area (Å²) in [5.74, 6) is 0.992. The Labute approximate surface area is 120 Å². The van der Waals surface area contributed by atoms with E-state index in [-0.39, 0.29) is 0 Å². The Morgan fingerprint density at radius 2 is 2.16 bits per heavy atom. The van der Waals surface area contributed by atoms with E-state index >= 15 is 0 Å². The fraction of sp³-hybridized carbons (Fsp3) is 0.667. The lowest BCUT2D eigenvalue weighted by atomic mass is 10.1. The van der Waals surface area contributed by atoms with Crippen LogP contribution < -0.4 is 0 Å². The minimum atomic E-state index is 0.327. The molecule has 1 aromatic heterocycles. The minimum absolute atomic E-state index is 0.327. The Hall–Kier alpha value is -0.870. The summed E-state index contributed by atoms with van der Waals surface area (Å²) >= 11 is 1.74. The highest BCUT2D eigenvalue weighted by molar-refractivity contribution is 7.07. The molecule has 106 valence electrons. The zero-order valence-corrected chi connectivity index (χ0v) is 12.8. The minimum Gasteiger partial charge on any atom is -0.341 e. The Balaban J connectivity index is 1.84. The van der Waals surface area contributed by atoms with Gasteiger partial charge in [-0.1, -0.05) is 13.8 Å². The van der Waals surface area contributed by atoms with E-state index in [1.54, 1.807) is 11.3 Å². The molecule has 0 radical (unpaired) electrons. The predicted molar refractivity (Wildman–Crippen MR) is 80.2 cm³/mol. The third-order valence-electron chi connectivity index (χ3n) is 3.64. The number of hydrogen-bond donors (Lipinski definition) is 0. The average Bonchev–Trinajstić information content (AvgIpc) is 2.81. The monoisotopic (exact) mass is 280 g/mol. The fourth-order valence-corrected chi connectivity index (χ4v) is 3.02. The van der Waals surface area contributed by atoms with E-state index in [1.165, 1.54) is 5.56 Å². The van der Waals surface area contributed by atoms with E-state index in [0.29, 0.717) is 18.2 Å². The van der Waals surface area contributed by atoms with Crippen molar-refractivity contribution in [3.8, 4) is 0 Å². The third kappa shape index (κ3) is 4.62. The summed E-state index contributed by atoms with van der Waals surface area (Å²) in [7, 11) is 0. The molecule has 0 spiro atoms. The van der Waals surface area contributed by atoms with Gasteiger partial charge in [-0.05, 0) is 34.7 Å². The molecule has 1 fully saturated rings. The van der Waals surface area contributed by atoms with Gasteiger partial charge in [0.15, 0.2) is 0 Å². The first kappa shape index (κ1) is 14.5. The first-order chi connectivity index (χ1) is 9.15. The quantitative estimate of drug-likeness (QED) is 0.828. The van der Waals surface area contributed by atoms with Gasteiger partial charge in [-0.25, -0.2) is 0 Å². The number of nitrogens with zero attached hydrogens (tertiary/aromatic N) is 2. The van der Waals surface area contributed by atoms with Crippen molar-refractivity contribution in [2.75, 3.05) is 26.2 Å². The Kier molecular flexibility index (Phi) is 5.40. The van der Waals surface area contributed by atoms with Gasteiger partial charge in [-0.3, -0.25) is 9.69 Å². The highest BCUT2D eigenvalue weighted by Crippen LogP contribution is 2.13. The van der Waals surface area contributed by atoms with Crippen LogP contribution in [0.1, 0.15) is 32.3 Å². The first-order valence-electron chi connectivity index (χ1n) is 7.16. The molecule has 0 unspecified atom stereocenters. The van der Waals surface area contributed by atoms with E-state index in [9.17, 15) is 4.79 Å². The molecule has 19 heavy (non-hydrogen) atoms. The van der Waals surface area contributed by atoms with Crippen molar-refractivity contribution >= 4 is 17.2 Å². The van der Waals surface area contributed by atoms with Crippen molar-refractivity contribution in [3.05, 3.63) is 22.4 Å². The molecule has 2 heterocycles. The summed E-state index contributed by atoms with van der Waals surface area (Å²) < 4.78 is 0. The summed E-state index contributed by atoms with van der Waals surface area (Å²) in [5.41, 5.74) is 1.37. The number of amides is 1. The third-order valence-corrected chi connectivity index (χ3v) is 4.38. The molecule has 3 nitrogen and oxygen atoms in total. The Bertz CT molecular complexity index is 389. The number of carbonyl (C=O) groups is 1. The van der Waals surface area contributed by atoms with Crippen LogP contribution in [-0.2, 0) is 11.3 Å². The van der Waals surface area contributed by atoms with Gasteiger partial charge < -0.3 is 4.90 Å². The van der Waals surface area contributed by atoms with Gasteiger partial charge in [0.25, 0.3) is 0 Å². The maximum absolute atomic E-state index is 12.1. The highest BCUT2D eigenvalue weighted by atomic mass is 32.1. The molecular weight excluding hydrogens is 256 g/mol. The number of carbonyl (C=O) groups excluding carboxylic acids is 1. The van der Waals surface area contributed by atoms with E-state index in [0.717, 1.165) is 39.1 Å². The number of thiophene rings is 1. The van der Waals surface area contributed by atoms with Crippen molar-refractivity contribution in [2.24, 2.45) is 5.92 Å². The summed E-state index contributed by atoms with van der Waals surface area (Å²) in [6, 6.07) is 2.17. The summed E-state index contributed by atoms with van der Waals surface area (Å²) in [6.07, 6.45) is 1.78. The van der Waals surface area contributed by atoms with E-state index in [4.69, 9.17) is 0 Å². The lowest BCUT2D eigenvalue weighted by molar-refractivity contribution is -0.130. The molecule has 1 amide bonds. The standard InChI is InChI=1S/C15H24N2OS/c1-13(2)3-7-17-9-8-16(6-4-15(17)18)11-14-5-10-19-12-14/h5,10,12-13H,3-4,6-9,11H2,1-2H3. The van der Waals surface area contributed by atoms with Crippen LogP contribution in [0.5, 0.6) is 0 Å². The second-order valence-corrected chi connectivity index (χ2v) is 6.50. The zero-order valence-electron chi connectivity index (χ0n) is 12.0. The molecule has 0 aliphatic carbocycles. The summed E-state index contributed by atoms with van der Waals surface area (Å²) in [4.78, 5) is 16.5. The SMILES string of the molecule is CC(C)CCN1CCN(Cc2ccsc2)CCC1=O. The van der Waals surface area contributed by atoms with Crippen LogP contribution in [0.15, 0.2) is 16.8 Å². The van der Waals surface area contributed by atoms with Crippen LogP contribution >= 0.6 is 11.3 Å². The largest absolute Gasteiger partial charge is 0.341 e. The maximum Gasteiger partial charge on any atom is 0.223 e. The number of hydrogen-bond acceptors (Lipinski definition) is 3. The van der Waals surface area contributed by atoms with Crippen molar-refractivity contribution in [1.29, 1.82) is 0 Å². The van der Waals surface area contributed by atoms with Crippen LogP contribution in [0.25, 0.3) is 0 Å². The topological polar surface area (TPSA) is 23.6 Å². The molecule has 0 N–H and O–H groups in total. The second kappa shape index (κ2) is 7.06. The van der Waals surface area contributed by atoms with Crippen molar-refractivity contribution in [1.82, 2.24) is 9.80 Å². The van der Waals surface area contributed by atoms with Crippen LogP contribution in [-0.4, -0.2) is 41.9 Å². The van der Waals surface area contributed by atoms with Gasteiger partial charge in [0.2, 0.25) is 5.91 Å². The summed E-state index contributed by atoms with van der Waals surface area (Å²) in [6.45, 7) is 9.11. The first-order valence-corrected chi connectivity index (χ1v) is 8.10. The molecular formula is C15H24N2OS. The molecule has 0 bridgehead atoms. The number of rotatable bonds is 5. The van der Waals surface area contributed by atoms with E-state index < -0.39 is 0 Å². The van der Waals surface area contributed by atoms with Crippen LogP contribution in [0.2, 0.25) is 0 Å². The van der Waals surface area contributed by atoms with Crippen molar-refractivity contribution in [3.63, 3.8) is 0 Å². The van der Waals surface area contributed by atoms with Gasteiger partial charge in [0, 0.05) is 39.1 Å². The normalized spacial score (nSPS) is 18.1. The van der Waals surface area contributed by atoms with Crippen molar-refractivity contribution in [2.45, 2.75) is 33.2 Å². The lowest BCUT2D eigenvalue weighted by Crippen LogP contribution is -2.34. The van der Waals surface area contributed by atoms with Gasteiger partial charge in [0.05, 0.1) is 0 Å². The molecule has 0 aromatic carbocycles. The van der Waals surface area contributed by atoms with E-state index in [2.05, 4.69) is 35.6 Å². The molecule has 1 saturated heterocycles. The highest BCUT2D eigenvalue weighted by Gasteiger charge is 2.20. The predicted octanol–water partition coefficient (Wildman–Crippen LogP) is 2.83. The fourth-order valence-electron chi connectivity index (χ4n) is 2.36. The molecule has 0 saturated carbocycles. The van der Waals surface area contributed by atoms with Crippen molar-refractivity contribution < 1.29 is 4.79 Å². The Morgan fingerprint density at radius 3 is 2.84 bits per heavy atom. The molecule has 0 atom stereocenters. The van der Waals surface area contributed by atoms with Gasteiger partial charge >= 0.3 is 0 Å². The molecule has 1 aliphatic rings. The van der Waals surface area contributed by atoms with Gasteiger partial charge in [-0.15, -0.1) is 0 Å². The lowest BCUT2D eigenvalue weighted by Gasteiger charge is -2.22. The summed E-state index contributed by atoms with van der Waals surface area (Å²) in [5, 5.41) is 4.32. The average molecular weight is 280 g/mol. The maximum atomic E-state index is 12.1. The van der Waals surface area contributed by atoms with Crippen LogP contribution in [0, 0.1) is 5.92 Å². The second-order valence-electron chi connectivity index (χ2n) is 5.72. The van der Waals surface area contributed by atoms with Crippen LogP contribution in [0.4, 0.5) is 0 Å². The molecule has 4 heteroatoms.